The Morgan fingerprint density at radius 2 is 2.12 bits per heavy atom. The van der Waals surface area contributed by atoms with Crippen LogP contribution in [0.25, 0.3) is 0 Å². The molecule has 0 aliphatic carbocycles. The largest absolute Gasteiger partial charge is 0.384 e. The van der Waals surface area contributed by atoms with Gasteiger partial charge in [-0.3, -0.25) is 15.0 Å². The lowest BCUT2D eigenvalue weighted by Crippen LogP contribution is -2.43. The molecule has 0 atom stereocenters. The summed E-state index contributed by atoms with van der Waals surface area (Å²) in [6, 6.07) is 5.14. The van der Waals surface area contributed by atoms with Crippen molar-refractivity contribution in [3.63, 3.8) is 0 Å². The fourth-order valence-electron chi connectivity index (χ4n) is 2.49. The molecular formula is C16H20ClN5O2. The Balaban J connectivity index is 2.47. The predicted octanol–water partition coefficient (Wildman–Crippen LogP) is 0.575. The molecule has 0 spiro atoms. The fraction of sp³-hybridized carbons (Fsp3) is 0.312. The van der Waals surface area contributed by atoms with Crippen LogP contribution in [0.2, 0.25) is 5.02 Å². The van der Waals surface area contributed by atoms with Gasteiger partial charge in [0.05, 0.1) is 17.8 Å². The monoisotopic (exact) mass is 349 g/mol. The third kappa shape index (κ3) is 3.86. The maximum Gasteiger partial charge on any atom is 0.252 e. The van der Waals surface area contributed by atoms with Gasteiger partial charge in [-0.1, -0.05) is 11.6 Å². The minimum absolute atomic E-state index is 0.0247. The number of nitrogens with two attached hydrogens (primary N) is 1. The molecule has 2 amide bonds. The lowest BCUT2D eigenvalue weighted by Gasteiger charge is -2.28. The van der Waals surface area contributed by atoms with E-state index in [9.17, 15) is 9.59 Å². The van der Waals surface area contributed by atoms with Crippen LogP contribution in [-0.4, -0.2) is 56.7 Å². The molecule has 1 aliphatic heterocycles. The molecular weight excluding hydrogens is 330 g/mol. The molecule has 1 saturated heterocycles. The normalized spacial score (nSPS) is 16.2. The molecule has 1 heterocycles. The van der Waals surface area contributed by atoms with Crippen LogP contribution < -0.4 is 16.0 Å². The van der Waals surface area contributed by atoms with Crippen molar-refractivity contribution in [2.24, 2.45) is 5.73 Å². The molecule has 0 saturated carbocycles. The van der Waals surface area contributed by atoms with E-state index in [0.29, 0.717) is 35.8 Å². The molecule has 128 valence electrons. The van der Waals surface area contributed by atoms with Crippen LogP contribution in [0.5, 0.6) is 0 Å². The number of hydrogen-bond donors (Lipinski definition) is 3. The SMILES string of the molecule is CN(C)c1cc(Cl)cc(C(=N)/C(C(N)=O)=C2/CN(C=O)CCN2)c1. The van der Waals surface area contributed by atoms with Gasteiger partial charge in [0.15, 0.2) is 0 Å². The summed E-state index contributed by atoms with van der Waals surface area (Å²) in [7, 11) is 3.72. The molecule has 7 nitrogen and oxygen atoms in total. The third-order valence-corrected chi connectivity index (χ3v) is 3.95. The van der Waals surface area contributed by atoms with Crippen molar-refractivity contribution in [2.45, 2.75) is 0 Å². The molecule has 4 N–H and O–H groups in total. The number of anilines is 1. The summed E-state index contributed by atoms with van der Waals surface area (Å²) in [5, 5.41) is 11.9. The van der Waals surface area contributed by atoms with Crippen LogP contribution in [-0.2, 0) is 9.59 Å². The molecule has 2 rings (SSSR count). The van der Waals surface area contributed by atoms with Gasteiger partial charge in [-0.25, -0.2) is 0 Å². The maximum atomic E-state index is 11.9. The summed E-state index contributed by atoms with van der Waals surface area (Å²) in [5.41, 5.74) is 7.30. The number of hydrogen-bond acceptors (Lipinski definition) is 5. The van der Waals surface area contributed by atoms with E-state index in [0.717, 1.165) is 5.69 Å². The second-order valence-corrected chi connectivity index (χ2v) is 6.12. The number of rotatable bonds is 5. The Kier molecular flexibility index (Phi) is 5.46. The molecule has 0 radical (unpaired) electrons. The van der Waals surface area contributed by atoms with Gasteiger partial charge < -0.3 is 20.9 Å². The van der Waals surface area contributed by atoms with E-state index in [1.54, 1.807) is 18.2 Å². The van der Waals surface area contributed by atoms with E-state index in [1.165, 1.54) is 4.90 Å². The highest BCUT2D eigenvalue weighted by molar-refractivity contribution is 6.32. The Morgan fingerprint density at radius 1 is 1.42 bits per heavy atom. The number of benzene rings is 1. The average molecular weight is 350 g/mol. The Labute approximate surface area is 145 Å². The van der Waals surface area contributed by atoms with Gasteiger partial charge in [-0.05, 0) is 18.2 Å². The minimum atomic E-state index is -0.721. The van der Waals surface area contributed by atoms with Crippen LogP contribution in [0.3, 0.4) is 0 Å². The third-order valence-electron chi connectivity index (χ3n) is 3.73. The number of piperazine rings is 1. The Hall–Kier alpha value is -2.54. The lowest BCUT2D eigenvalue weighted by atomic mass is 9.98. The van der Waals surface area contributed by atoms with Crippen LogP contribution in [0, 0.1) is 5.41 Å². The summed E-state index contributed by atoms with van der Waals surface area (Å²) in [5.74, 6) is -0.721. The fourth-order valence-corrected chi connectivity index (χ4v) is 2.72. The predicted molar refractivity (Wildman–Crippen MR) is 94.5 cm³/mol. The summed E-state index contributed by atoms with van der Waals surface area (Å²) in [6.07, 6.45) is 0.715. The number of primary amides is 1. The van der Waals surface area contributed by atoms with Gasteiger partial charge in [0.2, 0.25) is 6.41 Å². The summed E-state index contributed by atoms with van der Waals surface area (Å²) >= 11 is 6.13. The van der Waals surface area contributed by atoms with Gasteiger partial charge in [0.1, 0.15) is 0 Å². The van der Waals surface area contributed by atoms with Crippen molar-refractivity contribution in [1.82, 2.24) is 10.2 Å². The van der Waals surface area contributed by atoms with Gasteiger partial charge in [-0.2, -0.15) is 0 Å². The van der Waals surface area contributed by atoms with E-state index in [1.807, 2.05) is 19.0 Å². The topological polar surface area (TPSA) is 103 Å². The van der Waals surface area contributed by atoms with E-state index in [-0.39, 0.29) is 17.8 Å². The Morgan fingerprint density at radius 3 is 2.71 bits per heavy atom. The van der Waals surface area contributed by atoms with Gasteiger partial charge in [0.25, 0.3) is 5.91 Å². The zero-order valence-corrected chi connectivity index (χ0v) is 14.4. The summed E-state index contributed by atoms with van der Waals surface area (Å²) in [6.45, 7) is 1.25. The van der Waals surface area contributed by atoms with Crippen LogP contribution >= 0.6 is 11.6 Å². The number of carbonyl (C=O) groups excluding carboxylic acids is 2. The number of nitrogens with one attached hydrogen (secondary N) is 2. The molecule has 0 unspecified atom stereocenters. The quantitative estimate of drug-likeness (QED) is 0.411. The molecule has 0 aromatic heterocycles. The highest BCUT2D eigenvalue weighted by Crippen LogP contribution is 2.24. The lowest BCUT2D eigenvalue weighted by molar-refractivity contribution is -0.118. The number of halogens is 1. The first kappa shape index (κ1) is 17.8. The highest BCUT2D eigenvalue weighted by Gasteiger charge is 2.23. The van der Waals surface area contributed by atoms with E-state index in [2.05, 4.69) is 5.32 Å². The first-order valence-corrected chi connectivity index (χ1v) is 7.74. The summed E-state index contributed by atoms with van der Waals surface area (Å²) in [4.78, 5) is 26.3. The van der Waals surface area contributed by atoms with Gasteiger partial charge in [-0.15, -0.1) is 0 Å². The first-order valence-electron chi connectivity index (χ1n) is 7.37. The zero-order chi connectivity index (χ0) is 17.9. The second-order valence-electron chi connectivity index (χ2n) is 5.69. The van der Waals surface area contributed by atoms with Crippen molar-refractivity contribution in [2.75, 3.05) is 38.6 Å². The molecule has 1 aromatic carbocycles. The Bertz CT molecular complexity index is 714. The molecule has 0 bridgehead atoms. The molecule has 1 aromatic rings. The first-order chi connectivity index (χ1) is 11.3. The van der Waals surface area contributed by atoms with Crippen molar-refractivity contribution in [1.29, 1.82) is 5.41 Å². The number of nitrogens with zero attached hydrogens (tertiary/aromatic N) is 2. The zero-order valence-electron chi connectivity index (χ0n) is 13.6. The second kappa shape index (κ2) is 7.35. The van der Waals surface area contributed by atoms with Crippen LogP contribution in [0.1, 0.15) is 5.56 Å². The minimum Gasteiger partial charge on any atom is -0.384 e. The maximum absolute atomic E-state index is 11.9. The molecule has 8 heteroatoms. The van der Waals surface area contributed by atoms with Gasteiger partial charge >= 0.3 is 0 Å². The average Bonchev–Trinajstić information content (AvgIpc) is 2.54. The van der Waals surface area contributed by atoms with Crippen molar-refractivity contribution in [3.8, 4) is 0 Å². The van der Waals surface area contributed by atoms with Crippen LogP contribution in [0.4, 0.5) is 5.69 Å². The van der Waals surface area contributed by atoms with E-state index < -0.39 is 5.91 Å². The summed E-state index contributed by atoms with van der Waals surface area (Å²) < 4.78 is 0. The molecule has 24 heavy (non-hydrogen) atoms. The smallest absolute Gasteiger partial charge is 0.252 e. The van der Waals surface area contributed by atoms with E-state index >= 15 is 0 Å². The number of carbonyl (C=O) groups is 2. The van der Waals surface area contributed by atoms with Crippen molar-refractivity contribution >= 4 is 35.3 Å². The van der Waals surface area contributed by atoms with E-state index in [4.69, 9.17) is 22.7 Å². The van der Waals surface area contributed by atoms with Crippen molar-refractivity contribution in [3.05, 3.63) is 40.1 Å². The number of amides is 2. The van der Waals surface area contributed by atoms with Gasteiger partial charge in [0, 0.05) is 49.2 Å². The van der Waals surface area contributed by atoms with Crippen LogP contribution in [0.15, 0.2) is 29.5 Å². The molecule has 1 fully saturated rings. The van der Waals surface area contributed by atoms with Crippen molar-refractivity contribution < 1.29 is 9.59 Å². The highest BCUT2D eigenvalue weighted by atomic mass is 35.5. The standard InChI is InChI=1S/C16H20ClN5O2/c1-21(2)12-6-10(5-11(17)7-12)15(18)14(16(19)24)13-8-22(9-23)4-3-20-13/h5-7,9,18,20H,3-4,8H2,1-2H3,(H2,19,24)/b14-13+,18-15?. The molecule has 1 aliphatic rings.